The van der Waals surface area contributed by atoms with Crippen LogP contribution in [0, 0.1) is 6.92 Å². The van der Waals surface area contributed by atoms with E-state index in [1.165, 1.54) is 11.8 Å². The van der Waals surface area contributed by atoms with Crippen molar-refractivity contribution in [1.29, 1.82) is 0 Å². The van der Waals surface area contributed by atoms with Gasteiger partial charge in [-0.3, -0.25) is 4.79 Å². The van der Waals surface area contributed by atoms with Gasteiger partial charge < -0.3 is 20.5 Å². The monoisotopic (exact) mass is 396 g/mol. The largest absolute Gasteiger partial charge is 0.360 e. The number of thioether (sulfide) groups is 1. The summed E-state index contributed by atoms with van der Waals surface area (Å²) < 4.78 is 5.22. The Balaban J connectivity index is 1.66. The second kappa shape index (κ2) is 9.09. The van der Waals surface area contributed by atoms with Crippen molar-refractivity contribution in [2.75, 3.05) is 17.7 Å². The molecule has 0 aliphatic heterocycles. The van der Waals surface area contributed by atoms with Crippen LogP contribution in [-0.4, -0.2) is 24.1 Å². The van der Waals surface area contributed by atoms with Gasteiger partial charge in [-0.05, 0) is 43.3 Å². The maximum absolute atomic E-state index is 12.7. The number of aryl methyl sites for hydroxylation is 1. The van der Waals surface area contributed by atoms with Crippen LogP contribution in [0.1, 0.15) is 21.8 Å². The molecule has 1 heterocycles. The zero-order valence-electron chi connectivity index (χ0n) is 15.5. The quantitative estimate of drug-likeness (QED) is 0.541. The van der Waals surface area contributed by atoms with Gasteiger partial charge in [0.25, 0.3) is 5.91 Å². The number of carbonyl (C=O) groups is 2. The molecule has 0 aliphatic rings. The van der Waals surface area contributed by atoms with Gasteiger partial charge >= 0.3 is 6.03 Å². The minimum absolute atomic E-state index is 0.205. The van der Waals surface area contributed by atoms with Crippen LogP contribution in [0.25, 0.3) is 0 Å². The van der Waals surface area contributed by atoms with Crippen molar-refractivity contribution >= 4 is 35.1 Å². The first-order valence-corrected chi connectivity index (χ1v) is 9.58. The fourth-order valence-corrected chi connectivity index (χ4v) is 3.37. The molecule has 1 aromatic heterocycles. The summed E-state index contributed by atoms with van der Waals surface area (Å²) >= 11 is 1.52. The van der Waals surface area contributed by atoms with Gasteiger partial charge in [0.2, 0.25) is 0 Å². The van der Waals surface area contributed by atoms with Crippen molar-refractivity contribution in [3.05, 3.63) is 71.6 Å². The average Bonchev–Trinajstić information content (AvgIpc) is 3.13. The van der Waals surface area contributed by atoms with E-state index in [2.05, 4.69) is 21.1 Å². The molecule has 0 saturated heterocycles. The summed E-state index contributed by atoms with van der Waals surface area (Å²) in [6.07, 6.45) is 0. The van der Waals surface area contributed by atoms with E-state index in [1.54, 1.807) is 37.4 Å². The number of hydrogen-bond acceptors (Lipinski definition) is 5. The van der Waals surface area contributed by atoms with E-state index in [0.29, 0.717) is 22.7 Å². The lowest BCUT2D eigenvalue weighted by atomic mass is 10.2. The van der Waals surface area contributed by atoms with E-state index in [-0.39, 0.29) is 11.9 Å². The van der Waals surface area contributed by atoms with E-state index in [0.717, 1.165) is 16.3 Å². The standard InChI is InChI=1S/C20H20N4O3S/c1-13-11-16(27-24-13)12-28-18-6-4-3-5-17(18)19(25)22-14-7-9-15(10-8-14)23-20(26)21-2/h3-11H,12H2,1-2H3,(H,22,25)(H2,21,23,26). The molecule has 8 heteroatoms. The van der Waals surface area contributed by atoms with Gasteiger partial charge in [0.05, 0.1) is 17.0 Å². The van der Waals surface area contributed by atoms with Gasteiger partial charge in [-0.15, -0.1) is 11.8 Å². The van der Waals surface area contributed by atoms with Gasteiger partial charge in [0.15, 0.2) is 0 Å². The lowest BCUT2D eigenvalue weighted by Gasteiger charge is -2.10. The SMILES string of the molecule is CNC(=O)Nc1ccc(NC(=O)c2ccccc2SCc2cc(C)no2)cc1. The molecule has 0 bridgehead atoms. The number of hydrogen-bond donors (Lipinski definition) is 3. The Kier molecular flexibility index (Phi) is 6.33. The average molecular weight is 396 g/mol. The molecule has 2 aromatic carbocycles. The summed E-state index contributed by atoms with van der Waals surface area (Å²) in [5.41, 5.74) is 2.68. The van der Waals surface area contributed by atoms with E-state index >= 15 is 0 Å². The van der Waals surface area contributed by atoms with Gasteiger partial charge in [0, 0.05) is 29.4 Å². The van der Waals surface area contributed by atoms with Crippen molar-refractivity contribution in [2.45, 2.75) is 17.6 Å². The lowest BCUT2D eigenvalue weighted by molar-refractivity contribution is 0.102. The van der Waals surface area contributed by atoms with E-state index in [9.17, 15) is 9.59 Å². The zero-order valence-corrected chi connectivity index (χ0v) is 16.3. The molecule has 0 radical (unpaired) electrons. The second-order valence-corrected chi connectivity index (χ2v) is 6.97. The Hall–Kier alpha value is -3.26. The number of amides is 3. The molecule has 28 heavy (non-hydrogen) atoms. The van der Waals surface area contributed by atoms with Gasteiger partial charge in [-0.2, -0.15) is 0 Å². The minimum atomic E-state index is -0.301. The van der Waals surface area contributed by atoms with Crippen LogP contribution < -0.4 is 16.0 Å². The van der Waals surface area contributed by atoms with Crippen LogP contribution >= 0.6 is 11.8 Å². The van der Waals surface area contributed by atoms with Crippen LogP contribution in [0.5, 0.6) is 0 Å². The fourth-order valence-electron chi connectivity index (χ4n) is 2.44. The Morgan fingerprint density at radius 2 is 1.71 bits per heavy atom. The number of carbonyl (C=O) groups excluding carboxylic acids is 2. The summed E-state index contributed by atoms with van der Waals surface area (Å²) in [6.45, 7) is 1.87. The molecule has 7 nitrogen and oxygen atoms in total. The molecule has 0 saturated carbocycles. The maximum Gasteiger partial charge on any atom is 0.318 e. The Morgan fingerprint density at radius 1 is 1.04 bits per heavy atom. The molecule has 144 valence electrons. The van der Waals surface area contributed by atoms with Crippen molar-refractivity contribution in [1.82, 2.24) is 10.5 Å². The smallest absolute Gasteiger partial charge is 0.318 e. The Morgan fingerprint density at radius 3 is 2.36 bits per heavy atom. The zero-order chi connectivity index (χ0) is 19.9. The third-order valence-corrected chi connectivity index (χ3v) is 4.90. The Bertz CT molecular complexity index is 970. The van der Waals surface area contributed by atoms with E-state index in [1.807, 2.05) is 31.2 Å². The lowest BCUT2D eigenvalue weighted by Crippen LogP contribution is -2.24. The van der Waals surface area contributed by atoms with Crippen molar-refractivity contribution in [3.63, 3.8) is 0 Å². The molecular formula is C20H20N4O3S. The molecule has 3 aromatic rings. The van der Waals surface area contributed by atoms with E-state index in [4.69, 9.17) is 4.52 Å². The molecule has 0 aliphatic carbocycles. The Labute approximate surface area is 166 Å². The summed E-state index contributed by atoms with van der Waals surface area (Å²) in [5, 5.41) is 11.9. The number of urea groups is 1. The first kappa shape index (κ1) is 19.5. The number of anilines is 2. The second-order valence-electron chi connectivity index (χ2n) is 5.96. The van der Waals surface area contributed by atoms with Crippen LogP contribution in [0.15, 0.2) is 64.0 Å². The predicted octanol–water partition coefficient (Wildman–Crippen LogP) is 4.28. The predicted molar refractivity (Wildman–Crippen MR) is 110 cm³/mol. The number of rotatable bonds is 6. The van der Waals surface area contributed by atoms with Gasteiger partial charge in [-0.1, -0.05) is 17.3 Å². The van der Waals surface area contributed by atoms with Crippen molar-refractivity contribution in [3.8, 4) is 0 Å². The highest BCUT2D eigenvalue weighted by Gasteiger charge is 2.13. The highest BCUT2D eigenvalue weighted by Crippen LogP contribution is 2.27. The summed E-state index contributed by atoms with van der Waals surface area (Å²) in [4.78, 5) is 24.9. The third kappa shape index (κ3) is 5.14. The molecule has 3 rings (SSSR count). The first-order valence-electron chi connectivity index (χ1n) is 8.59. The molecule has 0 spiro atoms. The molecule has 0 unspecified atom stereocenters. The number of aromatic nitrogens is 1. The number of nitrogens with one attached hydrogen (secondary N) is 3. The van der Waals surface area contributed by atoms with Crippen molar-refractivity contribution in [2.24, 2.45) is 0 Å². The fraction of sp³-hybridized carbons (Fsp3) is 0.150. The van der Waals surface area contributed by atoms with Crippen LogP contribution in [0.3, 0.4) is 0 Å². The van der Waals surface area contributed by atoms with E-state index < -0.39 is 0 Å². The van der Waals surface area contributed by atoms with Crippen LogP contribution in [-0.2, 0) is 5.75 Å². The molecule has 3 amide bonds. The van der Waals surface area contributed by atoms with Crippen LogP contribution in [0.2, 0.25) is 0 Å². The highest BCUT2D eigenvalue weighted by atomic mass is 32.2. The van der Waals surface area contributed by atoms with Crippen molar-refractivity contribution < 1.29 is 14.1 Å². The third-order valence-electron chi connectivity index (χ3n) is 3.81. The molecule has 0 fully saturated rings. The highest BCUT2D eigenvalue weighted by molar-refractivity contribution is 7.98. The summed E-state index contributed by atoms with van der Waals surface area (Å²) in [5.74, 6) is 1.14. The normalized spacial score (nSPS) is 10.4. The first-order chi connectivity index (χ1) is 13.5. The molecule has 0 atom stereocenters. The minimum Gasteiger partial charge on any atom is -0.360 e. The maximum atomic E-state index is 12.7. The van der Waals surface area contributed by atoms with Crippen LogP contribution in [0.4, 0.5) is 16.2 Å². The number of nitrogens with zero attached hydrogens (tertiary/aromatic N) is 1. The summed E-state index contributed by atoms with van der Waals surface area (Å²) in [7, 11) is 1.54. The van der Waals surface area contributed by atoms with Gasteiger partial charge in [-0.25, -0.2) is 4.79 Å². The topological polar surface area (TPSA) is 96.3 Å². The van der Waals surface area contributed by atoms with Gasteiger partial charge in [0.1, 0.15) is 5.76 Å². The summed E-state index contributed by atoms with van der Waals surface area (Å²) in [6, 6.07) is 15.9. The molecule has 3 N–H and O–H groups in total. The number of benzene rings is 2. The molecular weight excluding hydrogens is 376 g/mol.